The van der Waals surface area contributed by atoms with E-state index in [0.29, 0.717) is 24.0 Å². The molecule has 0 bridgehead atoms. The summed E-state index contributed by atoms with van der Waals surface area (Å²) in [5.41, 5.74) is 0.333. The molecular weight excluding hydrogens is 295 g/mol. The predicted molar refractivity (Wildman–Crippen MR) is 80.6 cm³/mol. The van der Waals surface area contributed by atoms with Crippen LogP contribution in [0.3, 0.4) is 0 Å². The van der Waals surface area contributed by atoms with Crippen molar-refractivity contribution >= 4 is 18.3 Å². The lowest BCUT2D eigenvalue weighted by molar-refractivity contribution is 0.0776. The maximum atomic E-state index is 13.8. The first-order valence-electron chi connectivity index (χ1n) is 7.12. The second-order valence-corrected chi connectivity index (χ2v) is 5.44. The van der Waals surface area contributed by atoms with Gasteiger partial charge in [-0.3, -0.25) is 4.79 Å². The minimum absolute atomic E-state index is 0. The minimum Gasteiger partial charge on any atom is -0.490 e. The number of fused-ring (bicyclic) bond motifs is 1. The Bertz CT molecular complexity index is 514. The first kappa shape index (κ1) is 16.0. The molecule has 0 aromatic heterocycles. The van der Waals surface area contributed by atoms with Crippen LogP contribution < -0.4 is 10.1 Å². The van der Waals surface area contributed by atoms with Crippen LogP contribution in [0.2, 0.25) is 0 Å². The summed E-state index contributed by atoms with van der Waals surface area (Å²) in [5.74, 6) is 0.544. The van der Waals surface area contributed by atoms with Gasteiger partial charge in [-0.15, -0.1) is 12.4 Å². The van der Waals surface area contributed by atoms with E-state index >= 15 is 0 Å². The Balaban J connectivity index is 0.00000161. The van der Waals surface area contributed by atoms with E-state index in [2.05, 4.69) is 5.32 Å². The van der Waals surface area contributed by atoms with E-state index in [1.807, 2.05) is 4.90 Å². The zero-order valence-corrected chi connectivity index (χ0v) is 12.8. The molecule has 1 amide bonds. The number of carbonyl (C=O) groups excluding carboxylic acids is 1. The largest absolute Gasteiger partial charge is 0.490 e. The molecule has 1 aromatic carbocycles. The number of nitrogens with one attached hydrogen (secondary N) is 1. The SMILES string of the molecule is CCOc1c(F)cccc1C(=O)N1C[C@H]2CNC[C@H]2C1.Cl. The Hall–Kier alpha value is -1.33. The molecule has 0 unspecified atom stereocenters. The highest BCUT2D eigenvalue weighted by molar-refractivity contribution is 5.97. The molecule has 0 aliphatic carbocycles. The normalized spacial score (nSPS) is 23.6. The van der Waals surface area contributed by atoms with Gasteiger partial charge in [-0.2, -0.15) is 0 Å². The second-order valence-electron chi connectivity index (χ2n) is 5.44. The molecule has 0 spiro atoms. The molecule has 2 fully saturated rings. The molecule has 4 nitrogen and oxygen atoms in total. The lowest BCUT2D eigenvalue weighted by Gasteiger charge is -2.19. The van der Waals surface area contributed by atoms with Gasteiger partial charge in [-0.05, 0) is 30.9 Å². The van der Waals surface area contributed by atoms with Crippen molar-refractivity contribution in [2.24, 2.45) is 11.8 Å². The zero-order chi connectivity index (χ0) is 14.1. The summed E-state index contributed by atoms with van der Waals surface area (Å²) < 4.78 is 19.1. The minimum atomic E-state index is -0.473. The lowest BCUT2D eigenvalue weighted by Crippen LogP contribution is -2.32. The van der Waals surface area contributed by atoms with Gasteiger partial charge in [0, 0.05) is 26.2 Å². The fourth-order valence-electron chi connectivity index (χ4n) is 3.16. The standard InChI is InChI=1S/C15H19FN2O2.ClH/c1-2-20-14-12(4-3-5-13(14)16)15(19)18-8-10-6-17-7-11(10)9-18;/h3-5,10-11,17H,2,6-9H2,1H3;1H/t10-,11+;. The molecule has 2 atom stereocenters. The van der Waals surface area contributed by atoms with Crippen molar-refractivity contribution in [1.82, 2.24) is 10.2 Å². The van der Waals surface area contributed by atoms with E-state index in [4.69, 9.17) is 4.74 Å². The van der Waals surface area contributed by atoms with E-state index in [-0.39, 0.29) is 24.1 Å². The van der Waals surface area contributed by atoms with Crippen LogP contribution in [-0.2, 0) is 0 Å². The highest BCUT2D eigenvalue weighted by Crippen LogP contribution is 2.30. The Kier molecular flexibility index (Phi) is 5.06. The number of para-hydroxylation sites is 1. The van der Waals surface area contributed by atoms with E-state index in [9.17, 15) is 9.18 Å². The number of hydrogen-bond acceptors (Lipinski definition) is 3. The summed E-state index contributed by atoms with van der Waals surface area (Å²) in [6.07, 6.45) is 0. The maximum Gasteiger partial charge on any atom is 0.257 e. The zero-order valence-electron chi connectivity index (χ0n) is 12.0. The number of amides is 1. The van der Waals surface area contributed by atoms with Crippen LogP contribution in [0.1, 0.15) is 17.3 Å². The van der Waals surface area contributed by atoms with Crippen molar-refractivity contribution in [3.63, 3.8) is 0 Å². The van der Waals surface area contributed by atoms with Gasteiger partial charge >= 0.3 is 0 Å². The van der Waals surface area contributed by atoms with Gasteiger partial charge in [0.05, 0.1) is 12.2 Å². The number of halogens is 2. The summed E-state index contributed by atoms with van der Waals surface area (Å²) in [7, 11) is 0. The molecule has 2 saturated heterocycles. The number of nitrogens with zero attached hydrogens (tertiary/aromatic N) is 1. The van der Waals surface area contributed by atoms with Crippen LogP contribution in [-0.4, -0.2) is 43.6 Å². The highest BCUT2D eigenvalue weighted by atomic mass is 35.5. The van der Waals surface area contributed by atoms with E-state index in [0.717, 1.165) is 26.2 Å². The topological polar surface area (TPSA) is 41.6 Å². The summed E-state index contributed by atoms with van der Waals surface area (Å²) in [5, 5.41) is 3.34. The van der Waals surface area contributed by atoms with E-state index in [1.54, 1.807) is 19.1 Å². The first-order valence-corrected chi connectivity index (χ1v) is 7.12. The number of benzene rings is 1. The van der Waals surface area contributed by atoms with Crippen molar-refractivity contribution in [1.29, 1.82) is 0 Å². The monoisotopic (exact) mass is 314 g/mol. The van der Waals surface area contributed by atoms with Crippen molar-refractivity contribution in [3.05, 3.63) is 29.6 Å². The number of hydrogen-bond donors (Lipinski definition) is 1. The van der Waals surface area contributed by atoms with Crippen molar-refractivity contribution in [2.45, 2.75) is 6.92 Å². The third-order valence-corrected chi connectivity index (χ3v) is 4.16. The quantitative estimate of drug-likeness (QED) is 0.927. The van der Waals surface area contributed by atoms with Gasteiger partial charge in [0.2, 0.25) is 0 Å². The predicted octanol–water partition coefficient (Wildman–Crippen LogP) is 1.94. The van der Waals surface area contributed by atoms with Crippen LogP contribution in [0.25, 0.3) is 0 Å². The number of likely N-dealkylation sites (tertiary alicyclic amines) is 1. The Morgan fingerprint density at radius 1 is 1.38 bits per heavy atom. The molecule has 116 valence electrons. The molecule has 2 aliphatic rings. The first-order chi connectivity index (χ1) is 9.70. The van der Waals surface area contributed by atoms with Crippen LogP contribution in [0.5, 0.6) is 5.75 Å². The van der Waals surface area contributed by atoms with Gasteiger partial charge in [0.1, 0.15) is 0 Å². The van der Waals surface area contributed by atoms with Gasteiger partial charge in [-0.25, -0.2) is 4.39 Å². The molecular formula is C15H20ClFN2O2. The molecule has 2 heterocycles. The molecule has 21 heavy (non-hydrogen) atoms. The summed E-state index contributed by atoms with van der Waals surface area (Å²) in [6.45, 7) is 5.56. The molecule has 3 rings (SSSR count). The molecule has 0 saturated carbocycles. The molecule has 1 aromatic rings. The smallest absolute Gasteiger partial charge is 0.257 e. The highest BCUT2D eigenvalue weighted by Gasteiger charge is 2.38. The van der Waals surface area contributed by atoms with Crippen LogP contribution in [0.15, 0.2) is 18.2 Å². The average Bonchev–Trinajstić information content (AvgIpc) is 3.01. The Labute approximate surface area is 130 Å². The van der Waals surface area contributed by atoms with Crippen molar-refractivity contribution in [2.75, 3.05) is 32.8 Å². The van der Waals surface area contributed by atoms with E-state index < -0.39 is 5.82 Å². The lowest BCUT2D eigenvalue weighted by atomic mass is 10.0. The summed E-state index contributed by atoms with van der Waals surface area (Å²) >= 11 is 0. The van der Waals surface area contributed by atoms with Gasteiger partial charge in [0.25, 0.3) is 5.91 Å². The Morgan fingerprint density at radius 2 is 2.05 bits per heavy atom. The number of ether oxygens (including phenoxy) is 1. The van der Waals surface area contributed by atoms with Gasteiger partial charge in [0.15, 0.2) is 11.6 Å². The molecule has 6 heteroatoms. The Morgan fingerprint density at radius 3 is 2.67 bits per heavy atom. The molecule has 2 aliphatic heterocycles. The van der Waals surface area contributed by atoms with Crippen LogP contribution >= 0.6 is 12.4 Å². The third kappa shape index (κ3) is 2.99. The average molecular weight is 315 g/mol. The van der Waals surface area contributed by atoms with E-state index in [1.165, 1.54) is 6.07 Å². The number of rotatable bonds is 3. The molecule has 1 N–H and O–H groups in total. The summed E-state index contributed by atoms with van der Waals surface area (Å²) in [6, 6.07) is 4.52. The van der Waals surface area contributed by atoms with Crippen LogP contribution in [0.4, 0.5) is 4.39 Å². The van der Waals surface area contributed by atoms with Gasteiger partial charge < -0.3 is 15.0 Å². The van der Waals surface area contributed by atoms with Gasteiger partial charge in [-0.1, -0.05) is 6.07 Å². The number of carbonyl (C=O) groups is 1. The fraction of sp³-hybridized carbons (Fsp3) is 0.533. The summed E-state index contributed by atoms with van der Waals surface area (Å²) in [4.78, 5) is 14.4. The van der Waals surface area contributed by atoms with Crippen molar-refractivity contribution < 1.29 is 13.9 Å². The second kappa shape index (κ2) is 6.62. The fourth-order valence-corrected chi connectivity index (χ4v) is 3.16. The molecule has 0 radical (unpaired) electrons. The van der Waals surface area contributed by atoms with Crippen molar-refractivity contribution in [3.8, 4) is 5.75 Å². The maximum absolute atomic E-state index is 13.8. The third-order valence-electron chi connectivity index (χ3n) is 4.16. The van der Waals surface area contributed by atoms with Crippen LogP contribution in [0, 0.1) is 17.7 Å².